The molecule has 5 nitrogen and oxygen atoms in total. The Bertz CT molecular complexity index is 702. The number of hydrogen-bond donors (Lipinski definition) is 1. The summed E-state index contributed by atoms with van der Waals surface area (Å²) in [6, 6.07) is 0. The van der Waals surface area contributed by atoms with Gasteiger partial charge in [0.05, 0.1) is 5.69 Å². The fourth-order valence-corrected chi connectivity index (χ4v) is 3.72. The van der Waals surface area contributed by atoms with Crippen molar-refractivity contribution in [1.29, 1.82) is 0 Å². The minimum absolute atomic E-state index is 0.253. The lowest BCUT2D eigenvalue weighted by atomic mass is 9.75. The maximum absolute atomic E-state index is 5.58. The number of likely N-dealkylation sites (N-methyl/N-ethyl adjacent to an activating group) is 1. The van der Waals surface area contributed by atoms with E-state index in [-0.39, 0.29) is 5.54 Å². The Hall–Kier alpha value is -1.14. The van der Waals surface area contributed by atoms with E-state index in [0.717, 1.165) is 41.0 Å². The Kier molecular flexibility index (Phi) is 3.69. The zero-order chi connectivity index (χ0) is 15.2. The van der Waals surface area contributed by atoms with E-state index in [0.29, 0.717) is 0 Å². The van der Waals surface area contributed by atoms with Gasteiger partial charge in [0, 0.05) is 19.1 Å². The summed E-state index contributed by atoms with van der Waals surface area (Å²) in [6.07, 6.45) is 5.89. The lowest BCUT2D eigenvalue weighted by Gasteiger charge is -2.47. The number of nitrogens with zero attached hydrogens (tertiary/aromatic N) is 4. The van der Waals surface area contributed by atoms with Crippen LogP contribution in [0.2, 0.25) is 0 Å². The van der Waals surface area contributed by atoms with Crippen LogP contribution in [0.25, 0.3) is 11.2 Å². The van der Waals surface area contributed by atoms with Gasteiger partial charge in [0.15, 0.2) is 10.4 Å². The number of rotatable bonds is 5. The maximum Gasteiger partial charge on any atom is 0.179 e. The van der Waals surface area contributed by atoms with Gasteiger partial charge in [0.1, 0.15) is 5.52 Å². The van der Waals surface area contributed by atoms with Gasteiger partial charge in [-0.25, -0.2) is 0 Å². The molecule has 0 radical (unpaired) electrons. The molecular formula is C15H25N5S. The van der Waals surface area contributed by atoms with Crippen LogP contribution in [0.1, 0.15) is 38.3 Å². The first-order valence-electron chi connectivity index (χ1n) is 7.80. The molecule has 2 aromatic rings. The number of aryl methyl sites for hydroxylation is 2. The van der Waals surface area contributed by atoms with Crippen molar-refractivity contribution in [3.05, 3.63) is 10.5 Å². The molecule has 1 aliphatic carbocycles. The molecular weight excluding hydrogens is 282 g/mol. The van der Waals surface area contributed by atoms with Crippen molar-refractivity contribution in [3.8, 4) is 0 Å². The number of fused-ring (bicyclic) bond motifs is 1. The van der Waals surface area contributed by atoms with Crippen LogP contribution in [0.5, 0.6) is 0 Å². The number of imidazole rings is 1. The van der Waals surface area contributed by atoms with Crippen LogP contribution in [0.3, 0.4) is 0 Å². The Labute approximate surface area is 130 Å². The van der Waals surface area contributed by atoms with Crippen LogP contribution < -0.4 is 0 Å². The normalized spacial score (nSPS) is 17.6. The highest BCUT2D eigenvalue weighted by molar-refractivity contribution is 7.71. The van der Waals surface area contributed by atoms with Crippen molar-refractivity contribution >= 4 is 23.4 Å². The van der Waals surface area contributed by atoms with E-state index in [9.17, 15) is 0 Å². The maximum atomic E-state index is 5.58. The average Bonchev–Trinajstić information content (AvgIpc) is 2.83. The van der Waals surface area contributed by atoms with Crippen molar-refractivity contribution in [2.75, 3.05) is 14.1 Å². The highest BCUT2D eigenvalue weighted by Gasteiger charge is 2.40. The Morgan fingerprint density at radius 2 is 2.10 bits per heavy atom. The summed E-state index contributed by atoms with van der Waals surface area (Å²) in [5.74, 6) is 0. The zero-order valence-electron chi connectivity index (χ0n) is 13.4. The van der Waals surface area contributed by atoms with E-state index < -0.39 is 0 Å². The van der Waals surface area contributed by atoms with Crippen molar-refractivity contribution < 1.29 is 0 Å². The fraction of sp³-hybridized carbons (Fsp3) is 0.733. The van der Waals surface area contributed by atoms with Crippen molar-refractivity contribution in [3.63, 3.8) is 0 Å². The van der Waals surface area contributed by atoms with E-state index in [1.807, 2.05) is 11.7 Å². The number of aromatic amines is 1. The summed E-state index contributed by atoms with van der Waals surface area (Å²) in [6.45, 7) is 3.13. The monoisotopic (exact) mass is 307 g/mol. The highest BCUT2D eigenvalue weighted by atomic mass is 32.1. The molecule has 0 aromatic carbocycles. The number of aromatic nitrogens is 4. The fourth-order valence-electron chi connectivity index (χ4n) is 3.46. The van der Waals surface area contributed by atoms with Crippen LogP contribution in [0, 0.1) is 4.77 Å². The van der Waals surface area contributed by atoms with Crippen LogP contribution in [0.15, 0.2) is 0 Å². The topological polar surface area (TPSA) is 41.8 Å². The number of nitrogens with one attached hydrogen (secondary N) is 1. The molecule has 0 atom stereocenters. The zero-order valence-corrected chi connectivity index (χ0v) is 14.3. The predicted octanol–water partition coefficient (Wildman–Crippen LogP) is 2.87. The molecule has 0 aliphatic heterocycles. The van der Waals surface area contributed by atoms with Crippen LogP contribution in [0.4, 0.5) is 0 Å². The van der Waals surface area contributed by atoms with Crippen LogP contribution in [-0.4, -0.2) is 43.9 Å². The molecule has 1 fully saturated rings. The van der Waals surface area contributed by atoms with E-state index in [1.165, 1.54) is 19.3 Å². The molecule has 3 rings (SSSR count). The molecule has 2 aromatic heterocycles. The van der Waals surface area contributed by atoms with E-state index >= 15 is 0 Å². The van der Waals surface area contributed by atoms with E-state index in [4.69, 9.17) is 12.2 Å². The van der Waals surface area contributed by atoms with Gasteiger partial charge in [0.25, 0.3) is 0 Å². The standard InChI is InChI=1S/C15H25N5S/c1-5-7-11-12-13(19(4)17-11)20(14(21)16-12)10-15(18(2)3)8-6-9-15/h5-10H2,1-4H3,(H,16,21). The quantitative estimate of drug-likeness (QED) is 0.864. The van der Waals surface area contributed by atoms with Crippen LogP contribution >= 0.6 is 12.2 Å². The smallest absolute Gasteiger partial charge is 0.179 e. The summed E-state index contributed by atoms with van der Waals surface area (Å²) < 4.78 is 5.05. The third-order valence-electron chi connectivity index (χ3n) is 4.99. The van der Waals surface area contributed by atoms with Crippen molar-refractivity contribution in [2.45, 2.75) is 51.1 Å². The van der Waals surface area contributed by atoms with E-state index in [1.54, 1.807) is 0 Å². The average molecular weight is 307 g/mol. The van der Waals surface area contributed by atoms with E-state index in [2.05, 4.69) is 40.6 Å². The lowest BCUT2D eigenvalue weighted by molar-refractivity contribution is 0.0428. The van der Waals surface area contributed by atoms with Gasteiger partial charge in [-0.3, -0.25) is 9.25 Å². The van der Waals surface area contributed by atoms with Crippen molar-refractivity contribution in [2.24, 2.45) is 7.05 Å². The molecule has 0 amide bonds. The summed E-state index contributed by atoms with van der Waals surface area (Å²) in [4.78, 5) is 5.75. The second kappa shape index (κ2) is 5.25. The molecule has 1 saturated carbocycles. The van der Waals surface area contributed by atoms with Crippen LogP contribution in [-0.2, 0) is 20.0 Å². The molecule has 21 heavy (non-hydrogen) atoms. The summed E-state index contributed by atoms with van der Waals surface area (Å²) in [5.41, 5.74) is 3.64. The Morgan fingerprint density at radius 3 is 2.62 bits per heavy atom. The van der Waals surface area contributed by atoms with Gasteiger partial charge in [-0.2, -0.15) is 5.10 Å². The van der Waals surface area contributed by atoms with Gasteiger partial charge < -0.3 is 9.88 Å². The second-order valence-electron chi connectivity index (χ2n) is 6.51. The summed E-state index contributed by atoms with van der Waals surface area (Å²) in [7, 11) is 6.38. The number of hydrogen-bond acceptors (Lipinski definition) is 3. The third kappa shape index (κ3) is 2.25. The highest BCUT2D eigenvalue weighted by Crippen LogP contribution is 2.38. The molecule has 116 valence electrons. The molecule has 1 N–H and O–H groups in total. The molecule has 2 heterocycles. The first-order valence-corrected chi connectivity index (χ1v) is 8.21. The lowest BCUT2D eigenvalue weighted by Crippen LogP contribution is -2.53. The Balaban J connectivity index is 2.06. The minimum atomic E-state index is 0.253. The van der Waals surface area contributed by atoms with Gasteiger partial charge in [-0.05, 0) is 52.0 Å². The number of H-pyrrole nitrogens is 1. The summed E-state index contributed by atoms with van der Waals surface area (Å²) in [5, 5.41) is 4.66. The molecule has 0 bridgehead atoms. The second-order valence-corrected chi connectivity index (χ2v) is 6.89. The Morgan fingerprint density at radius 1 is 1.38 bits per heavy atom. The van der Waals surface area contributed by atoms with Gasteiger partial charge >= 0.3 is 0 Å². The molecule has 1 aliphatic rings. The van der Waals surface area contributed by atoms with Gasteiger partial charge in [-0.1, -0.05) is 13.3 Å². The molecule has 0 spiro atoms. The SMILES string of the molecule is CCCc1nn(C)c2c1[nH]c(=S)n2CC1(N(C)C)CCC1. The van der Waals surface area contributed by atoms with Crippen molar-refractivity contribution in [1.82, 2.24) is 24.2 Å². The largest absolute Gasteiger partial charge is 0.328 e. The first kappa shape index (κ1) is 14.8. The molecule has 6 heteroatoms. The molecule has 0 saturated heterocycles. The first-order chi connectivity index (χ1) is 9.98. The van der Waals surface area contributed by atoms with Gasteiger partial charge in [-0.15, -0.1) is 0 Å². The predicted molar refractivity (Wildman–Crippen MR) is 88.2 cm³/mol. The molecule has 0 unspecified atom stereocenters. The third-order valence-corrected chi connectivity index (χ3v) is 5.32. The van der Waals surface area contributed by atoms with Gasteiger partial charge in [0.2, 0.25) is 0 Å². The summed E-state index contributed by atoms with van der Waals surface area (Å²) >= 11 is 5.58. The minimum Gasteiger partial charge on any atom is -0.328 e.